The van der Waals surface area contributed by atoms with Crippen LogP contribution in [-0.4, -0.2) is 142 Å². The number of allylic oxidation sites excluding steroid dienone is 2. The van der Waals surface area contributed by atoms with E-state index in [9.17, 15) is 40.5 Å². The zero-order valence-corrected chi connectivity index (χ0v) is 32.3. The molecule has 2 saturated heterocycles. The first kappa shape index (κ1) is 47.9. The van der Waals surface area contributed by atoms with E-state index in [-0.39, 0.29) is 25.6 Å². The van der Waals surface area contributed by atoms with E-state index in [1.165, 1.54) is 51.4 Å². The fourth-order valence-corrected chi connectivity index (χ4v) is 6.34. The van der Waals surface area contributed by atoms with Crippen LogP contribution in [0.4, 0.5) is 0 Å². The van der Waals surface area contributed by atoms with E-state index in [0.29, 0.717) is 13.0 Å². The number of esters is 1. The Morgan fingerprint density at radius 3 is 1.79 bits per heavy atom. The second-order valence-electron chi connectivity index (χ2n) is 14.5. The van der Waals surface area contributed by atoms with Gasteiger partial charge in [0.05, 0.1) is 26.4 Å². The molecule has 7 N–H and O–H groups in total. The average molecular weight is 765 g/mol. The van der Waals surface area contributed by atoms with Gasteiger partial charge < -0.3 is 64.2 Å². The molecule has 11 atom stereocenters. The van der Waals surface area contributed by atoms with Crippen LogP contribution in [0.1, 0.15) is 129 Å². The van der Waals surface area contributed by atoms with Crippen molar-refractivity contribution in [3.63, 3.8) is 0 Å². The average Bonchev–Trinajstić information content (AvgIpc) is 3.15. The van der Waals surface area contributed by atoms with Crippen molar-refractivity contribution in [2.75, 3.05) is 33.0 Å². The fourth-order valence-electron chi connectivity index (χ4n) is 6.34. The predicted octanol–water partition coefficient (Wildman–Crippen LogP) is 3.17. The van der Waals surface area contributed by atoms with Gasteiger partial charge in [0.25, 0.3) is 0 Å². The largest absolute Gasteiger partial charge is 0.457 e. The van der Waals surface area contributed by atoms with Crippen molar-refractivity contribution in [3.05, 3.63) is 12.2 Å². The quantitative estimate of drug-likeness (QED) is 0.0318. The summed E-state index contributed by atoms with van der Waals surface area (Å²) in [5.41, 5.74) is 0. The number of hydrogen-bond acceptors (Lipinski definition) is 14. The van der Waals surface area contributed by atoms with E-state index in [0.717, 1.165) is 51.4 Å². The Morgan fingerprint density at radius 1 is 0.604 bits per heavy atom. The SMILES string of the molecule is CCC/C=C\CCCCCCCCOCC(COC1OC(COC2OC(CO)C(O)C(O)C2O)C(O)C(O)C1O)OC(=O)CCCCCCCCCC. The second kappa shape index (κ2) is 29.0. The van der Waals surface area contributed by atoms with E-state index in [1.54, 1.807) is 0 Å². The molecule has 0 aromatic rings. The highest BCUT2D eigenvalue weighted by Crippen LogP contribution is 2.26. The third-order valence-corrected chi connectivity index (χ3v) is 9.76. The van der Waals surface area contributed by atoms with Crippen LogP contribution in [0.3, 0.4) is 0 Å². The lowest BCUT2D eigenvalue weighted by molar-refractivity contribution is -0.332. The molecule has 0 amide bonds. The van der Waals surface area contributed by atoms with E-state index in [1.807, 2.05) is 0 Å². The van der Waals surface area contributed by atoms with Crippen molar-refractivity contribution in [2.24, 2.45) is 0 Å². The minimum atomic E-state index is -1.70. The van der Waals surface area contributed by atoms with Gasteiger partial charge in [-0.25, -0.2) is 0 Å². The maximum atomic E-state index is 12.8. The van der Waals surface area contributed by atoms with Crippen LogP contribution in [0.5, 0.6) is 0 Å². The van der Waals surface area contributed by atoms with Crippen molar-refractivity contribution in [1.29, 1.82) is 0 Å². The maximum absolute atomic E-state index is 12.8. The van der Waals surface area contributed by atoms with Crippen LogP contribution in [0.25, 0.3) is 0 Å². The zero-order chi connectivity index (χ0) is 38.8. The van der Waals surface area contributed by atoms with Crippen molar-refractivity contribution >= 4 is 5.97 Å². The molecular weight excluding hydrogens is 692 g/mol. The smallest absolute Gasteiger partial charge is 0.306 e. The molecule has 2 fully saturated rings. The number of carbonyl (C=O) groups is 1. The standard InChI is InChI=1S/C39H72O14/c1-3-5-7-9-11-13-14-15-17-19-21-23-48-25-28(51-31(41)22-20-18-16-12-10-8-6-4-2)26-49-38-37(47)35(45)33(43)30(53-38)27-50-39-36(46)34(44)32(42)29(24-40)52-39/h7,9,28-30,32-40,42-47H,3-6,8,10-27H2,1-2H3/b9-7-. The Hall–Kier alpha value is -1.27. The molecule has 11 unspecified atom stereocenters. The second-order valence-corrected chi connectivity index (χ2v) is 14.5. The molecule has 0 bridgehead atoms. The van der Waals surface area contributed by atoms with Crippen LogP contribution >= 0.6 is 0 Å². The lowest BCUT2D eigenvalue weighted by Crippen LogP contribution is -2.61. The van der Waals surface area contributed by atoms with Gasteiger partial charge in [-0.05, 0) is 32.1 Å². The highest BCUT2D eigenvalue weighted by Gasteiger charge is 2.47. The number of rotatable bonds is 30. The first-order valence-electron chi connectivity index (χ1n) is 20.3. The van der Waals surface area contributed by atoms with Crippen LogP contribution in [-0.2, 0) is 33.2 Å². The molecule has 0 aromatic carbocycles. The molecule has 2 aliphatic rings. The van der Waals surface area contributed by atoms with Crippen molar-refractivity contribution in [3.8, 4) is 0 Å². The molecule has 0 saturated carbocycles. The summed E-state index contributed by atoms with van der Waals surface area (Å²) in [6.07, 6.45) is 7.39. The minimum Gasteiger partial charge on any atom is -0.457 e. The number of aliphatic hydroxyl groups excluding tert-OH is 7. The summed E-state index contributed by atoms with van der Waals surface area (Å²) >= 11 is 0. The maximum Gasteiger partial charge on any atom is 0.306 e. The highest BCUT2D eigenvalue weighted by atomic mass is 16.7. The van der Waals surface area contributed by atoms with E-state index in [4.69, 9.17) is 28.4 Å². The zero-order valence-electron chi connectivity index (χ0n) is 32.3. The summed E-state index contributed by atoms with van der Waals surface area (Å²) in [5.74, 6) is -0.385. The van der Waals surface area contributed by atoms with Crippen molar-refractivity contribution < 1.29 is 69.0 Å². The molecule has 0 spiro atoms. The summed E-state index contributed by atoms with van der Waals surface area (Å²) < 4.78 is 33.9. The van der Waals surface area contributed by atoms with Crippen molar-refractivity contribution in [1.82, 2.24) is 0 Å². The summed E-state index contributed by atoms with van der Waals surface area (Å²) in [4.78, 5) is 12.8. The lowest BCUT2D eigenvalue weighted by Gasteiger charge is -2.42. The van der Waals surface area contributed by atoms with Gasteiger partial charge in [0.15, 0.2) is 12.6 Å². The summed E-state index contributed by atoms with van der Waals surface area (Å²) in [5, 5.41) is 71.6. The summed E-state index contributed by atoms with van der Waals surface area (Å²) in [6.45, 7) is 3.55. The number of unbranched alkanes of at least 4 members (excludes halogenated alkanes) is 14. The Morgan fingerprint density at radius 2 is 1.15 bits per heavy atom. The first-order chi connectivity index (χ1) is 25.6. The molecule has 53 heavy (non-hydrogen) atoms. The lowest BCUT2D eigenvalue weighted by atomic mass is 9.98. The van der Waals surface area contributed by atoms with Gasteiger partial charge in [-0.2, -0.15) is 0 Å². The van der Waals surface area contributed by atoms with E-state index >= 15 is 0 Å². The number of ether oxygens (including phenoxy) is 6. The summed E-state index contributed by atoms with van der Waals surface area (Å²) in [7, 11) is 0. The Balaban J connectivity index is 1.86. The van der Waals surface area contributed by atoms with E-state index < -0.39 is 80.7 Å². The van der Waals surface area contributed by atoms with Gasteiger partial charge in [-0.3, -0.25) is 4.79 Å². The van der Waals surface area contributed by atoms with Crippen LogP contribution in [0.2, 0.25) is 0 Å². The van der Waals surface area contributed by atoms with Gasteiger partial charge >= 0.3 is 5.97 Å². The molecule has 0 aliphatic carbocycles. The molecule has 2 rings (SSSR count). The fraction of sp³-hybridized carbons (Fsp3) is 0.923. The molecule has 2 aliphatic heterocycles. The molecule has 2 heterocycles. The van der Waals surface area contributed by atoms with Crippen LogP contribution in [0.15, 0.2) is 12.2 Å². The number of hydrogen-bond donors (Lipinski definition) is 7. The van der Waals surface area contributed by atoms with Crippen LogP contribution < -0.4 is 0 Å². The minimum absolute atomic E-state index is 0.0604. The van der Waals surface area contributed by atoms with E-state index in [2.05, 4.69) is 26.0 Å². The first-order valence-corrected chi connectivity index (χ1v) is 20.3. The normalized spacial score (nSPS) is 29.8. The van der Waals surface area contributed by atoms with Gasteiger partial charge in [-0.1, -0.05) is 103 Å². The monoisotopic (exact) mass is 764 g/mol. The molecule has 14 nitrogen and oxygen atoms in total. The molecule has 0 aromatic heterocycles. The topological polar surface area (TPSA) is 214 Å². The number of aliphatic hydroxyl groups is 7. The molecular formula is C39H72O14. The van der Waals surface area contributed by atoms with Gasteiger partial charge in [0, 0.05) is 13.0 Å². The third-order valence-electron chi connectivity index (χ3n) is 9.76. The van der Waals surface area contributed by atoms with Crippen LogP contribution in [0, 0.1) is 0 Å². The number of carbonyl (C=O) groups excluding carboxylic acids is 1. The highest BCUT2D eigenvalue weighted by molar-refractivity contribution is 5.69. The molecule has 312 valence electrons. The Labute approximate surface area is 316 Å². The van der Waals surface area contributed by atoms with Gasteiger partial charge in [0.1, 0.15) is 54.9 Å². The third kappa shape index (κ3) is 19.0. The predicted molar refractivity (Wildman–Crippen MR) is 197 cm³/mol. The molecule has 0 radical (unpaired) electrons. The van der Waals surface area contributed by atoms with Crippen molar-refractivity contribution in [2.45, 2.75) is 197 Å². The Bertz CT molecular complexity index is 938. The van der Waals surface area contributed by atoms with Gasteiger partial charge in [-0.15, -0.1) is 0 Å². The summed E-state index contributed by atoms with van der Waals surface area (Å²) in [6, 6.07) is 0. The van der Waals surface area contributed by atoms with Gasteiger partial charge in [0.2, 0.25) is 0 Å². The Kier molecular flexibility index (Phi) is 26.2. The molecule has 14 heteroatoms.